The topological polar surface area (TPSA) is 57.7 Å². The Morgan fingerprint density at radius 2 is 1.78 bits per heavy atom. The van der Waals surface area contributed by atoms with Crippen molar-refractivity contribution in [2.45, 2.75) is 31.9 Å². The molecule has 2 aliphatic heterocycles. The molecule has 2 amide bonds. The third-order valence-corrected chi connectivity index (χ3v) is 5.14. The number of Topliss-reactive ketones (excluding diaryl/α,β-unsaturated/α-hetero) is 1. The molecule has 2 heterocycles. The van der Waals surface area contributed by atoms with Gasteiger partial charge in [0, 0.05) is 37.5 Å². The summed E-state index contributed by atoms with van der Waals surface area (Å²) in [6, 6.07) is 4.18. The van der Waals surface area contributed by atoms with Gasteiger partial charge in [0.15, 0.2) is 5.78 Å². The Morgan fingerprint density at radius 1 is 1.07 bits per heavy atom. The zero-order valence-electron chi connectivity index (χ0n) is 14.8. The Kier molecular flexibility index (Phi) is 5.53. The van der Waals surface area contributed by atoms with Gasteiger partial charge in [0.05, 0.1) is 12.1 Å². The zero-order valence-corrected chi connectivity index (χ0v) is 14.8. The number of ketones is 1. The molecule has 0 aromatic heterocycles. The molecule has 2 fully saturated rings. The van der Waals surface area contributed by atoms with Crippen molar-refractivity contribution < 1.29 is 27.6 Å². The molecule has 0 spiro atoms. The molecule has 146 valence electrons. The van der Waals surface area contributed by atoms with Gasteiger partial charge in [0.1, 0.15) is 0 Å². The molecule has 2 aliphatic rings. The SMILES string of the molecule is O=C(c1ccc(C(F)(F)F)cc1)[C@H]1CCCN(C(=O)CN2CCCC2=O)C1. The standard InChI is InChI=1S/C19H21F3N2O3/c20-19(21,22)15-7-5-13(6-8-15)18(27)14-3-1-9-23(11-14)17(26)12-24-10-2-4-16(24)25/h5-8,14H,1-4,9-12H2/t14-/m0/s1. The van der Waals surface area contributed by atoms with Crippen molar-refractivity contribution in [1.29, 1.82) is 0 Å². The van der Waals surface area contributed by atoms with Crippen LogP contribution < -0.4 is 0 Å². The molecular formula is C19H21F3N2O3. The fourth-order valence-electron chi connectivity index (χ4n) is 3.61. The van der Waals surface area contributed by atoms with Crippen LogP contribution in [0.1, 0.15) is 41.6 Å². The molecule has 8 heteroatoms. The first kappa shape index (κ1) is 19.4. The highest BCUT2D eigenvalue weighted by molar-refractivity contribution is 5.98. The number of alkyl halides is 3. The smallest absolute Gasteiger partial charge is 0.340 e. The zero-order chi connectivity index (χ0) is 19.6. The van der Waals surface area contributed by atoms with Gasteiger partial charge in [0.2, 0.25) is 11.8 Å². The lowest BCUT2D eigenvalue weighted by Gasteiger charge is -2.33. The average Bonchev–Trinajstić information content (AvgIpc) is 3.05. The molecule has 1 aromatic carbocycles. The summed E-state index contributed by atoms with van der Waals surface area (Å²) >= 11 is 0. The van der Waals surface area contributed by atoms with Gasteiger partial charge in [-0.3, -0.25) is 14.4 Å². The average molecular weight is 382 g/mol. The first-order valence-electron chi connectivity index (χ1n) is 9.03. The van der Waals surface area contributed by atoms with Crippen molar-refractivity contribution in [3.8, 4) is 0 Å². The van der Waals surface area contributed by atoms with E-state index in [2.05, 4.69) is 0 Å². The maximum atomic E-state index is 12.7. The molecule has 3 rings (SSSR count). The van der Waals surface area contributed by atoms with Gasteiger partial charge in [-0.1, -0.05) is 12.1 Å². The lowest BCUT2D eigenvalue weighted by molar-refractivity contribution is -0.139. The number of piperidine rings is 1. The lowest BCUT2D eigenvalue weighted by Crippen LogP contribution is -2.46. The Hall–Kier alpha value is -2.38. The fraction of sp³-hybridized carbons (Fsp3) is 0.526. The van der Waals surface area contributed by atoms with E-state index in [1.54, 1.807) is 4.90 Å². The molecule has 2 saturated heterocycles. The van der Waals surface area contributed by atoms with Crippen LogP contribution in [-0.4, -0.2) is 53.6 Å². The minimum Gasteiger partial charge on any atom is -0.340 e. The van der Waals surface area contributed by atoms with Gasteiger partial charge >= 0.3 is 6.18 Å². The predicted octanol–water partition coefficient (Wildman–Crippen LogP) is 2.75. The van der Waals surface area contributed by atoms with Crippen LogP contribution in [0.25, 0.3) is 0 Å². The van der Waals surface area contributed by atoms with Crippen molar-refractivity contribution >= 4 is 17.6 Å². The highest BCUT2D eigenvalue weighted by Crippen LogP contribution is 2.30. The minimum absolute atomic E-state index is 0.0278. The minimum atomic E-state index is -4.44. The first-order chi connectivity index (χ1) is 12.8. The van der Waals surface area contributed by atoms with Crippen LogP contribution in [0.15, 0.2) is 24.3 Å². The fourth-order valence-corrected chi connectivity index (χ4v) is 3.61. The van der Waals surface area contributed by atoms with E-state index in [0.717, 1.165) is 18.6 Å². The second-order valence-electron chi connectivity index (χ2n) is 7.04. The Labute approximate surface area is 155 Å². The van der Waals surface area contributed by atoms with Gasteiger partial charge in [-0.25, -0.2) is 0 Å². The lowest BCUT2D eigenvalue weighted by atomic mass is 9.89. The number of carbonyl (C=O) groups is 3. The number of likely N-dealkylation sites (tertiary alicyclic amines) is 2. The Balaban J connectivity index is 1.62. The molecule has 1 aromatic rings. The molecule has 1 atom stereocenters. The van der Waals surface area contributed by atoms with Crippen molar-refractivity contribution in [2.75, 3.05) is 26.2 Å². The number of amides is 2. The van der Waals surface area contributed by atoms with Gasteiger partial charge in [-0.15, -0.1) is 0 Å². The summed E-state index contributed by atoms with van der Waals surface area (Å²) in [5.41, 5.74) is -0.577. The summed E-state index contributed by atoms with van der Waals surface area (Å²) < 4.78 is 38.0. The molecule has 0 aliphatic carbocycles. The summed E-state index contributed by atoms with van der Waals surface area (Å²) in [6.45, 7) is 1.37. The second kappa shape index (κ2) is 7.70. The number of rotatable bonds is 4. The Bertz CT molecular complexity index is 731. The highest BCUT2D eigenvalue weighted by Gasteiger charge is 2.33. The first-order valence-corrected chi connectivity index (χ1v) is 9.03. The highest BCUT2D eigenvalue weighted by atomic mass is 19.4. The van der Waals surface area contributed by atoms with E-state index >= 15 is 0 Å². The number of halogens is 3. The summed E-state index contributed by atoms with van der Waals surface area (Å²) in [4.78, 5) is 39.9. The van der Waals surface area contributed by atoms with Crippen molar-refractivity contribution in [3.63, 3.8) is 0 Å². The summed E-state index contributed by atoms with van der Waals surface area (Å²) in [7, 11) is 0. The van der Waals surface area contributed by atoms with E-state index in [1.165, 1.54) is 17.0 Å². The summed E-state index contributed by atoms with van der Waals surface area (Å²) in [5, 5.41) is 0. The summed E-state index contributed by atoms with van der Waals surface area (Å²) in [6.07, 6.45) is -1.99. The number of carbonyl (C=O) groups excluding carboxylic acids is 3. The van der Waals surface area contributed by atoms with Crippen LogP contribution in [0, 0.1) is 5.92 Å². The molecule has 0 unspecified atom stereocenters. The van der Waals surface area contributed by atoms with E-state index in [0.29, 0.717) is 32.4 Å². The van der Waals surface area contributed by atoms with E-state index in [9.17, 15) is 27.6 Å². The van der Waals surface area contributed by atoms with Gasteiger partial charge in [-0.2, -0.15) is 13.2 Å². The quantitative estimate of drug-likeness (QED) is 0.753. The number of hydrogen-bond acceptors (Lipinski definition) is 3. The molecule has 0 bridgehead atoms. The number of nitrogens with zero attached hydrogens (tertiary/aromatic N) is 2. The van der Waals surface area contributed by atoms with Crippen molar-refractivity contribution in [3.05, 3.63) is 35.4 Å². The Morgan fingerprint density at radius 3 is 2.37 bits per heavy atom. The van der Waals surface area contributed by atoms with Crippen LogP contribution in [0.4, 0.5) is 13.2 Å². The van der Waals surface area contributed by atoms with Crippen molar-refractivity contribution in [2.24, 2.45) is 5.92 Å². The second-order valence-corrected chi connectivity index (χ2v) is 7.04. The largest absolute Gasteiger partial charge is 0.416 e. The van der Waals surface area contributed by atoms with Crippen LogP contribution in [0.5, 0.6) is 0 Å². The van der Waals surface area contributed by atoms with Crippen LogP contribution in [0.3, 0.4) is 0 Å². The van der Waals surface area contributed by atoms with E-state index < -0.39 is 17.7 Å². The molecule has 0 N–H and O–H groups in total. The van der Waals surface area contributed by atoms with Gasteiger partial charge in [0.25, 0.3) is 0 Å². The molecule has 27 heavy (non-hydrogen) atoms. The van der Waals surface area contributed by atoms with Gasteiger partial charge < -0.3 is 9.80 Å². The molecule has 5 nitrogen and oxygen atoms in total. The van der Waals surface area contributed by atoms with Crippen LogP contribution in [-0.2, 0) is 15.8 Å². The maximum Gasteiger partial charge on any atom is 0.416 e. The normalized spacial score (nSPS) is 20.9. The van der Waals surface area contributed by atoms with Crippen LogP contribution in [0.2, 0.25) is 0 Å². The van der Waals surface area contributed by atoms with Crippen LogP contribution >= 0.6 is 0 Å². The third kappa shape index (κ3) is 4.48. The predicted molar refractivity (Wildman–Crippen MR) is 90.9 cm³/mol. The van der Waals surface area contributed by atoms with Crippen molar-refractivity contribution in [1.82, 2.24) is 9.80 Å². The molecular weight excluding hydrogens is 361 g/mol. The third-order valence-electron chi connectivity index (χ3n) is 5.14. The molecule has 0 radical (unpaired) electrons. The van der Waals surface area contributed by atoms with E-state index in [1.807, 2.05) is 0 Å². The number of benzene rings is 1. The molecule has 0 saturated carbocycles. The number of hydrogen-bond donors (Lipinski definition) is 0. The van der Waals surface area contributed by atoms with Gasteiger partial charge in [-0.05, 0) is 31.4 Å². The maximum absolute atomic E-state index is 12.7. The monoisotopic (exact) mass is 382 g/mol. The summed E-state index contributed by atoms with van der Waals surface area (Å²) in [5.74, 6) is -0.903. The van der Waals surface area contributed by atoms with E-state index in [-0.39, 0.29) is 36.3 Å². The van der Waals surface area contributed by atoms with E-state index in [4.69, 9.17) is 0 Å².